The summed E-state index contributed by atoms with van der Waals surface area (Å²) in [7, 11) is -4.42. The maximum atomic E-state index is 14.2. The van der Waals surface area contributed by atoms with Gasteiger partial charge in [-0.3, -0.25) is 0 Å². The quantitative estimate of drug-likeness (QED) is 0.578. The standard InChI is InChI=1S/C23H24N2O6S/c1-5-29-22(26)23(13-24-18-8-6-7-9-19(18)30-23)32(27,28)20-11-10-14(2)12-17(20)21-15(3)25-31-16(21)4/h6-12,24H,5,13H2,1-4H3. The van der Waals surface area contributed by atoms with Crippen LogP contribution in [0.1, 0.15) is 23.9 Å². The Morgan fingerprint density at radius 3 is 2.62 bits per heavy atom. The maximum absolute atomic E-state index is 14.2. The van der Waals surface area contributed by atoms with E-state index >= 15 is 0 Å². The van der Waals surface area contributed by atoms with Crippen LogP contribution in [-0.4, -0.2) is 37.6 Å². The highest BCUT2D eigenvalue weighted by molar-refractivity contribution is 7.93. The Balaban J connectivity index is 1.96. The van der Waals surface area contributed by atoms with Crippen molar-refractivity contribution in [3.63, 3.8) is 0 Å². The third-order valence-electron chi connectivity index (χ3n) is 5.42. The van der Waals surface area contributed by atoms with Crippen molar-refractivity contribution < 1.29 is 27.2 Å². The first-order valence-electron chi connectivity index (χ1n) is 10.2. The van der Waals surface area contributed by atoms with Crippen LogP contribution in [0.25, 0.3) is 11.1 Å². The largest absolute Gasteiger partial charge is 0.462 e. The number of nitrogens with one attached hydrogen (secondary N) is 1. The topological polar surface area (TPSA) is 108 Å². The van der Waals surface area contributed by atoms with Crippen LogP contribution in [-0.2, 0) is 19.4 Å². The summed E-state index contributed by atoms with van der Waals surface area (Å²) in [5.74, 6) is -0.253. The molecule has 1 N–H and O–H groups in total. The molecule has 0 spiro atoms. The van der Waals surface area contributed by atoms with Crippen LogP contribution in [0.3, 0.4) is 0 Å². The van der Waals surface area contributed by atoms with Gasteiger partial charge in [-0.15, -0.1) is 0 Å². The van der Waals surface area contributed by atoms with Crippen LogP contribution in [0.2, 0.25) is 0 Å². The fourth-order valence-corrected chi connectivity index (χ4v) is 5.65. The molecule has 1 aliphatic rings. The SMILES string of the molecule is CCOC(=O)C1(S(=O)(=O)c2ccc(C)cc2-c2c(C)noc2C)CNc2ccccc2O1. The van der Waals surface area contributed by atoms with E-state index in [9.17, 15) is 13.2 Å². The van der Waals surface area contributed by atoms with E-state index in [4.69, 9.17) is 14.0 Å². The Bertz CT molecular complexity index is 1280. The summed E-state index contributed by atoms with van der Waals surface area (Å²) in [5, 5.41) is 6.99. The Kier molecular flexibility index (Phi) is 5.46. The monoisotopic (exact) mass is 456 g/mol. The highest BCUT2D eigenvalue weighted by Crippen LogP contribution is 2.42. The highest BCUT2D eigenvalue weighted by Gasteiger charge is 2.58. The molecule has 1 unspecified atom stereocenters. The smallest absolute Gasteiger partial charge is 0.369 e. The van der Waals surface area contributed by atoms with E-state index in [0.29, 0.717) is 28.3 Å². The second-order valence-electron chi connectivity index (χ2n) is 7.63. The van der Waals surface area contributed by atoms with Gasteiger partial charge in [0.15, 0.2) is 0 Å². The minimum Gasteiger partial charge on any atom is -0.462 e. The van der Waals surface area contributed by atoms with Gasteiger partial charge in [0.05, 0.1) is 29.4 Å². The number of fused-ring (bicyclic) bond motifs is 1. The highest BCUT2D eigenvalue weighted by atomic mass is 32.2. The number of aromatic nitrogens is 1. The number of carbonyl (C=O) groups is 1. The Morgan fingerprint density at radius 2 is 1.94 bits per heavy atom. The molecule has 4 rings (SSSR count). The molecule has 1 atom stereocenters. The van der Waals surface area contributed by atoms with Crippen LogP contribution in [0.15, 0.2) is 51.9 Å². The van der Waals surface area contributed by atoms with Gasteiger partial charge in [-0.25, -0.2) is 13.2 Å². The molecule has 0 saturated heterocycles. The lowest BCUT2D eigenvalue weighted by Gasteiger charge is -2.36. The number of benzene rings is 2. The number of rotatable bonds is 5. The average Bonchev–Trinajstić information content (AvgIpc) is 3.10. The number of aryl methyl sites for hydroxylation is 3. The fourth-order valence-electron chi connectivity index (χ4n) is 3.86. The summed E-state index contributed by atoms with van der Waals surface area (Å²) in [6.45, 7) is 6.62. The number of ether oxygens (including phenoxy) is 2. The third kappa shape index (κ3) is 3.33. The Morgan fingerprint density at radius 1 is 1.19 bits per heavy atom. The fraction of sp³-hybridized carbons (Fsp3) is 0.304. The molecule has 0 fully saturated rings. The number of esters is 1. The molecule has 1 aliphatic heterocycles. The van der Waals surface area contributed by atoms with Gasteiger partial charge in [0, 0.05) is 11.1 Å². The molecule has 0 aliphatic carbocycles. The number of hydrogen-bond acceptors (Lipinski definition) is 8. The first-order valence-corrected chi connectivity index (χ1v) is 11.7. The van der Waals surface area contributed by atoms with Gasteiger partial charge in [0.2, 0.25) is 9.84 Å². The number of sulfone groups is 1. The van der Waals surface area contributed by atoms with E-state index in [0.717, 1.165) is 5.56 Å². The van der Waals surface area contributed by atoms with Gasteiger partial charge in [-0.1, -0.05) is 28.9 Å². The van der Waals surface area contributed by atoms with Crippen molar-refractivity contribution in [2.75, 3.05) is 18.5 Å². The molecule has 0 bridgehead atoms. The zero-order chi connectivity index (χ0) is 23.1. The van der Waals surface area contributed by atoms with Crippen molar-refractivity contribution in [2.45, 2.75) is 37.5 Å². The van der Waals surface area contributed by atoms with Crippen LogP contribution < -0.4 is 10.1 Å². The molecule has 3 aromatic rings. The molecule has 168 valence electrons. The summed E-state index contributed by atoms with van der Waals surface area (Å²) in [6, 6.07) is 11.7. The second-order valence-corrected chi connectivity index (χ2v) is 9.73. The van der Waals surface area contributed by atoms with Crippen molar-refractivity contribution in [3.8, 4) is 16.9 Å². The van der Waals surface area contributed by atoms with Gasteiger partial charge in [-0.05, 0) is 52.0 Å². The lowest BCUT2D eigenvalue weighted by molar-refractivity contribution is -0.154. The third-order valence-corrected chi connectivity index (χ3v) is 7.62. The summed E-state index contributed by atoms with van der Waals surface area (Å²) < 4.78 is 44.8. The predicted octanol–water partition coefficient (Wildman–Crippen LogP) is 3.80. The molecule has 32 heavy (non-hydrogen) atoms. The number of nitrogens with zero attached hydrogens (tertiary/aromatic N) is 1. The lowest BCUT2D eigenvalue weighted by atomic mass is 10.0. The van der Waals surface area contributed by atoms with Crippen molar-refractivity contribution >= 4 is 21.5 Å². The molecule has 1 aromatic heterocycles. The zero-order valence-corrected chi connectivity index (χ0v) is 19.1. The van der Waals surface area contributed by atoms with Crippen LogP contribution >= 0.6 is 0 Å². The van der Waals surface area contributed by atoms with E-state index in [-0.39, 0.29) is 23.8 Å². The van der Waals surface area contributed by atoms with Crippen LogP contribution in [0, 0.1) is 20.8 Å². The van der Waals surface area contributed by atoms with Crippen molar-refractivity contribution in [1.82, 2.24) is 5.16 Å². The zero-order valence-electron chi connectivity index (χ0n) is 18.3. The van der Waals surface area contributed by atoms with Gasteiger partial charge in [-0.2, -0.15) is 0 Å². The minimum atomic E-state index is -4.42. The lowest BCUT2D eigenvalue weighted by Crippen LogP contribution is -2.59. The number of hydrogen-bond donors (Lipinski definition) is 1. The van der Waals surface area contributed by atoms with Crippen molar-refractivity contribution in [1.29, 1.82) is 0 Å². The first kappa shape index (κ1) is 21.9. The normalized spacial score (nSPS) is 17.8. The molecule has 0 saturated carbocycles. The molecule has 8 nitrogen and oxygen atoms in total. The molecular formula is C23H24N2O6S. The second kappa shape index (κ2) is 7.98. The number of anilines is 1. The van der Waals surface area contributed by atoms with Gasteiger partial charge >= 0.3 is 10.9 Å². The average molecular weight is 457 g/mol. The Hall–Kier alpha value is -3.33. The molecule has 0 radical (unpaired) electrons. The molecule has 0 amide bonds. The van der Waals surface area contributed by atoms with E-state index in [1.807, 2.05) is 6.92 Å². The predicted molar refractivity (Wildman–Crippen MR) is 118 cm³/mol. The van der Waals surface area contributed by atoms with Crippen LogP contribution in [0.4, 0.5) is 5.69 Å². The molecule has 2 aromatic carbocycles. The van der Waals surface area contributed by atoms with Gasteiger partial charge < -0.3 is 19.3 Å². The van der Waals surface area contributed by atoms with Crippen molar-refractivity contribution in [2.24, 2.45) is 0 Å². The maximum Gasteiger partial charge on any atom is 0.369 e. The molecular weight excluding hydrogens is 432 g/mol. The number of carbonyl (C=O) groups excluding carboxylic acids is 1. The van der Waals surface area contributed by atoms with Gasteiger partial charge in [0.25, 0.3) is 0 Å². The Labute approximate surface area is 186 Å². The first-order chi connectivity index (χ1) is 15.2. The van der Waals surface area contributed by atoms with Crippen molar-refractivity contribution in [3.05, 3.63) is 59.5 Å². The van der Waals surface area contributed by atoms with E-state index in [2.05, 4.69) is 10.5 Å². The van der Waals surface area contributed by atoms with E-state index in [1.165, 1.54) is 6.07 Å². The minimum absolute atomic E-state index is 0.00569. The van der Waals surface area contributed by atoms with E-state index < -0.39 is 20.7 Å². The summed E-state index contributed by atoms with van der Waals surface area (Å²) in [4.78, 5) is 10.8. The summed E-state index contributed by atoms with van der Waals surface area (Å²) in [5.41, 5.74) is 2.94. The number of para-hydroxylation sites is 2. The van der Waals surface area contributed by atoms with Gasteiger partial charge in [0.1, 0.15) is 11.5 Å². The van der Waals surface area contributed by atoms with Crippen LogP contribution in [0.5, 0.6) is 5.75 Å². The molecule has 9 heteroatoms. The summed E-state index contributed by atoms with van der Waals surface area (Å²) in [6.07, 6.45) is 0. The molecule has 2 heterocycles. The van der Waals surface area contributed by atoms with E-state index in [1.54, 1.807) is 57.2 Å². The summed E-state index contributed by atoms with van der Waals surface area (Å²) >= 11 is 0.